The van der Waals surface area contributed by atoms with Crippen molar-refractivity contribution in [2.24, 2.45) is 0 Å². The summed E-state index contributed by atoms with van der Waals surface area (Å²) in [6, 6.07) is 9.24. The number of benzene rings is 1. The van der Waals surface area contributed by atoms with E-state index in [4.69, 9.17) is 25.9 Å². The van der Waals surface area contributed by atoms with Gasteiger partial charge in [-0.1, -0.05) is 43.3 Å². The molecule has 3 rings (SSSR count). The van der Waals surface area contributed by atoms with Crippen molar-refractivity contribution in [1.29, 1.82) is 0 Å². The van der Waals surface area contributed by atoms with Gasteiger partial charge in [-0.3, -0.25) is 9.13 Å². The Morgan fingerprint density at radius 1 is 1.21 bits per heavy atom. The smallest absolute Gasteiger partial charge is 0.340 e. The van der Waals surface area contributed by atoms with Crippen LogP contribution in [-0.4, -0.2) is 69.4 Å². The van der Waals surface area contributed by atoms with Gasteiger partial charge in [0.2, 0.25) is 5.28 Å². The van der Waals surface area contributed by atoms with Crippen LogP contribution in [0.25, 0.3) is 11.0 Å². The molecule has 0 fully saturated rings. The van der Waals surface area contributed by atoms with Crippen molar-refractivity contribution >= 4 is 43.6 Å². The van der Waals surface area contributed by atoms with Crippen molar-refractivity contribution in [3.8, 4) is 0 Å². The van der Waals surface area contributed by atoms with Gasteiger partial charge in [-0.15, -0.1) is 0 Å². The lowest BCUT2D eigenvalue weighted by molar-refractivity contribution is -0.0413. The fourth-order valence-corrected chi connectivity index (χ4v) is 6.42. The fourth-order valence-electron chi connectivity index (χ4n) is 3.71. The van der Waals surface area contributed by atoms with Gasteiger partial charge in [0.15, 0.2) is 23.9 Å². The van der Waals surface area contributed by atoms with Crippen LogP contribution in [0.5, 0.6) is 0 Å². The highest BCUT2D eigenvalue weighted by molar-refractivity contribution is 7.70. The second-order valence-corrected chi connectivity index (χ2v) is 13.0. The number of aromatic nitrogens is 4. The van der Waals surface area contributed by atoms with Gasteiger partial charge in [0.1, 0.15) is 11.9 Å². The largest absolute Gasteiger partial charge is 0.385 e. The van der Waals surface area contributed by atoms with Crippen LogP contribution in [0.4, 0.5) is 10.2 Å². The number of nitrogens with one attached hydrogen (secondary N) is 1. The van der Waals surface area contributed by atoms with Crippen LogP contribution in [0.15, 0.2) is 48.2 Å². The maximum Gasteiger partial charge on any atom is 0.340 e. The monoisotopic (exact) mass is 607 g/mol. The van der Waals surface area contributed by atoms with E-state index < -0.39 is 46.2 Å². The van der Waals surface area contributed by atoms with Crippen molar-refractivity contribution < 1.29 is 42.9 Å². The standard InChI is InChI=1S/C22H29ClFN5O8P2/c1-3-7-15(11-37-39(35,36)12-38(32,33)34)18(30)17(24)21(31)29-20-16(10-25-29)19(27-22(23)28-20)26-13(2)14-8-5-4-6-9-14/h4-10,13,17-18,21,30-31H,3,11-12H2,1-2H3,(H,35,36)(H,26,27,28)(H2,32,33,34)/b15-7-/t13-,17+,18-,21-/m1/s1. The number of aliphatic hydroxyl groups excluding tert-OH is 2. The number of fused-ring (bicyclic) bond motifs is 1. The van der Waals surface area contributed by atoms with E-state index in [-0.39, 0.29) is 34.8 Å². The van der Waals surface area contributed by atoms with Gasteiger partial charge in [0.25, 0.3) is 0 Å². The first kappa shape index (κ1) is 31.3. The Balaban J connectivity index is 1.83. The predicted octanol–water partition coefficient (Wildman–Crippen LogP) is 3.52. The van der Waals surface area contributed by atoms with Gasteiger partial charge in [-0.05, 0) is 36.1 Å². The number of allylic oxidation sites excluding steroid dienone is 1. The molecule has 2 heterocycles. The molecule has 0 radical (unpaired) electrons. The van der Waals surface area contributed by atoms with E-state index in [0.29, 0.717) is 5.39 Å². The molecule has 2 aromatic heterocycles. The SMILES string of the molecule is CC/C=C(/COP(=O)(O)CP(=O)(O)O)[C@@H](O)[C@H](F)[C@@H](O)n1ncc2c(N[C@H](C)c3ccccc3)nc(Cl)nc21. The van der Waals surface area contributed by atoms with E-state index in [1.807, 2.05) is 37.3 Å². The molecular formula is C22H29ClFN5O8P2. The molecule has 0 amide bonds. The van der Waals surface area contributed by atoms with E-state index in [2.05, 4.69) is 20.4 Å². The maximum absolute atomic E-state index is 15.4. The fraction of sp³-hybridized carbons (Fsp3) is 0.409. The Labute approximate surface area is 228 Å². The van der Waals surface area contributed by atoms with Gasteiger partial charge in [-0.25, -0.2) is 9.07 Å². The van der Waals surface area contributed by atoms with Crippen LogP contribution >= 0.6 is 26.8 Å². The molecule has 214 valence electrons. The minimum absolute atomic E-state index is 0.0288. The molecule has 0 spiro atoms. The van der Waals surface area contributed by atoms with Gasteiger partial charge in [-0.2, -0.15) is 15.1 Å². The Hall–Kier alpha value is -2.25. The summed E-state index contributed by atoms with van der Waals surface area (Å²) in [7, 11) is -9.65. The number of aliphatic hydroxyl groups is 2. The second-order valence-electron chi connectivity index (χ2n) is 8.65. The second kappa shape index (κ2) is 12.9. The third kappa shape index (κ3) is 8.37. The topological polar surface area (TPSA) is 200 Å². The number of halogens is 2. The first-order chi connectivity index (χ1) is 18.2. The Morgan fingerprint density at radius 3 is 2.49 bits per heavy atom. The van der Waals surface area contributed by atoms with Crippen LogP contribution in [0, 0.1) is 0 Å². The van der Waals surface area contributed by atoms with Gasteiger partial charge in [0.05, 0.1) is 18.2 Å². The molecule has 1 unspecified atom stereocenters. The maximum atomic E-state index is 15.4. The highest BCUT2D eigenvalue weighted by Crippen LogP contribution is 2.55. The summed E-state index contributed by atoms with van der Waals surface area (Å²) < 4.78 is 43.9. The molecule has 13 nitrogen and oxygen atoms in total. The normalized spacial score (nSPS) is 17.4. The summed E-state index contributed by atoms with van der Waals surface area (Å²) in [5.41, 5.74) is 0.691. The van der Waals surface area contributed by atoms with E-state index in [0.717, 1.165) is 10.2 Å². The predicted molar refractivity (Wildman–Crippen MR) is 142 cm³/mol. The minimum atomic E-state index is -4.89. The third-order valence-corrected chi connectivity index (χ3v) is 9.16. The lowest BCUT2D eigenvalue weighted by atomic mass is 10.0. The van der Waals surface area contributed by atoms with Crippen molar-refractivity contribution in [2.45, 2.75) is 44.8 Å². The number of hydrogen-bond donors (Lipinski definition) is 6. The average molecular weight is 608 g/mol. The molecule has 3 aromatic rings. The van der Waals surface area contributed by atoms with E-state index in [1.54, 1.807) is 6.92 Å². The number of nitrogens with zero attached hydrogens (tertiary/aromatic N) is 4. The van der Waals surface area contributed by atoms with Crippen molar-refractivity contribution in [2.75, 3.05) is 17.8 Å². The quantitative estimate of drug-likeness (QED) is 0.0939. The lowest BCUT2D eigenvalue weighted by Crippen LogP contribution is -2.35. The molecule has 0 bridgehead atoms. The molecular weight excluding hydrogens is 579 g/mol. The Kier molecular flexibility index (Phi) is 10.4. The number of alkyl halides is 1. The molecule has 0 saturated carbocycles. The zero-order chi connectivity index (χ0) is 29.0. The van der Waals surface area contributed by atoms with Crippen LogP contribution in [0.1, 0.15) is 38.1 Å². The summed E-state index contributed by atoms with van der Waals surface area (Å²) in [6.45, 7) is 2.70. The molecule has 17 heteroatoms. The Bertz CT molecular complexity index is 1410. The lowest BCUT2D eigenvalue weighted by Gasteiger charge is -2.24. The van der Waals surface area contributed by atoms with Crippen LogP contribution in [0.3, 0.4) is 0 Å². The zero-order valence-corrected chi connectivity index (χ0v) is 23.4. The van der Waals surface area contributed by atoms with E-state index in [1.165, 1.54) is 12.3 Å². The van der Waals surface area contributed by atoms with Crippen molar-refractivity contribution in [3.05, 3.63) is 59.0 Å². The summed E-state index contributed by atoms with van der Waals surface area (Å²) in [5, 5.41) is 28.7. The highest BCUT2D eigenvalue weighted by Gasteiger charge is 2.35. The molecule has 6 N–H and O–H groups in total. The first-order valence-corrected chi connectivity index (χ1v) is 15.6. The zero-order valence-electron chi connectivity index (χ0n) is 20.9. The first-order valence-electron chi connectivity index (χ1n) is 11.6. The van der Waals surface area contributed by atoms with E-state index >= 15 is 4.39 Å². The number of rotatable bonds is 13. The van der Waals surface area contributed by atoms with Crippen LogP contribution in [-0.2, 0) is 13.7 Å². The summed E-state index contributed by atoms with van der Waals surface area (Å²) >= 11 is 6.09. The molecule has 0 saturated heterocycles. The van der Waals surface area contributed by atoms with Gasteiger partial charge < -0.3 is 34.7 Å². The average Bonchev–Trinajstić information content (AvgIpc) is 3.28. The van der Waals surface area contributed by atoms with Crippen molar-refractivity contribution in [1.82, 2.24) is 19.7 Å². The summed E-state index contributed by atoms with van der Waals surface area (Å²) in [6.07, 6.45) is -3.71. The highest BCUT2D eigenvalue weighted by atomic mass is 35.5. The van der Waals surface area contributed by atoms with E-state index in [9.17, 15) is 24.2 Å². The third-order valence-electron chi connectivity index (χ3n) is 5.56. The van der Waals surface area contributed by atoms with Gasteiger partial charge >= 0.3 is 15.2 Å². The summed E-state index contributed by atoms with van der Waals surface area (Å²) in [4.78, 5) is 35.8. The molecule has 0 aliphatic heterocycles. The number of hydrogen-bond acceptors (Lipinski definition) is 9. The minimum Gasteiger partial charge on any atom is -0.385 e. The molecule has 0 aliphatic rings. The molecule has 1 aromatic carbocycles. The van der Waals surface area contributed by atoms with Crippen molar-refractivity contribution in [3.63, 3.8) is 0 Å². The molecule has 0 aliphatic carbocycles. The van der Waals surface area contributed by atoms with Crippen LogP contribution in [0.2, 0.25) is 5.28 Å². The molecule has 39 heavy (non-hydrogen) atoms. The summed E-state index contributed by atoms with van der Waals surface area (Å²) in [5.74, 6) is -1.17. The Morgan fingerprint density at radius 2 is 1.87 bits per heavy atom. The van der Waals surface area contributed by atoms with Crippen LogP contribution < -0.4 is 5.32 Å². The van der Waals surface area contributed by atoms with Gasteiger partial charge in [0, 0.05) is 6.04 Å². The molecule has 5 atom stereocenters. The number of anilines is 1.